The van der Waals surface area contributed by atoms with Gasteiger partial charge < -0.3 is 19.3 Å². The molecule has 0 aliphatic carbocycles. The quantitative estimate of drug-likeness (QED) is 0.701. The number of rotatable bonds is 6. The molecule has 140 valence electrons. The number of amides is 1. The minimum atomic E-state index is -0.445. The average Bonchev–Trinajstić information content (AvgIpc) is 2.99. The van der Waals surface area contributed by atoms with Crippen molar-refractivity contribution in [1.29, 1.82) is 0 Å². The molecular formula is C20H19FN2O4. The Kier molecular flexibility index (Phi) is 5.40. The highest BCUT2D eigenvalue weighted by Crippen LogP contribution is 2.26. The molecule has 27 heavy (non-hydrogen) atoms. The second kappa shape index (κ2) is 7.90. The molecule has 0 bridgehead atoms. The largest absolute Gasteiger partial charge is 0.494 e. The van der Waals surface area contributed by atoms with Gasteiger partial charge in [-0.1, -0.05) is 11.2 Å². The van der Waals surface area contributed by atoms with Crippen LogP contribution in [0.3, 0.4) is 0 Å². The average molecular weight is 370 g/mol. The third-order valence-electron chi connectivity index (χ3n) is 4.07. The van der Waals surface area contributed by atoms with Gasteiger partial charge in [0.15, 0.2) is 0 Å². The summed E-state index contributed by atoms with van der Waals surface area (Å²) in [6.07, 6.45) is 0. The fourth-order valence-corrected chi connectivity index (χ4v) is 2.55. The van der Waals surface area contributed by atoms with Gasteiger partial charge in [0.1, 0.15) is 29.7 Å². The van der Waals surface area contributed by atoms with Gasteiger partial charge >= 0.3 is 0 Å². The number of anilines is 1. The maximum absolute atomic E-state index is 13.3. The zero-order chi connectivity index (χ0) is 19.4. The second-order valence-corrected chi connectivity index (χ2v) is 5.92. The molecule has 0 saturated heterocycles. The van der Waals surface area contributed by atoms with E-state index in [1.807, 2.05) is 13.8 Å². The molecule has 0 unspecified atom stereocenters. The molecule has 0 aliphatic heterocycles. The minimum Gasteiger partial charge on any atom is -0.494 e. The third kappa shape index (κ3) is 4.25. The number of halogens is 1. The smallest absolute Gasteiger partial charge is 0.255 e. The van der Waals surface area contributed by atoms with Crippen molar-refractivity contribution < 1.29 is 23.2 Å². The van der Waals surface area contributed by atoms with Crippen LogP contribution in [0.15, 0.2) is 47.0 Å². The number of hydrogen-bond acceptors (Lipinski definition) is 5. The zero-order valence-corrected chi connectivity index (χ0v) is 15.2. The predicted octanol–water partition coefficient (Wildman–Crippen LogP) is 4.27. The van der Waals surface area contributed by atoms with E-state index in [1.165, 1.54) is 25.3 Å². The van der Waals surface area contributed by atoms with Crippen molar-refractivity contribution in [2.45, 2.75) is 20.5 Å². The SMILES string of the molecule is COc1cc(F)ccc1NC(=O)c1cccc(OCc2c(C)noc2C)c1. The monoisotopic (exact) mass is 370 g/mol. The van der Waals surface area contributed by atoms with Crippen molar-refractivity contribution in [3.05, 3.63) is 70.9 Å². The van der Waals surface area contributed by atoms with Crippen LogP contribution < -0.4 is 14.8 Å². The number of benzene rings is 2. The highest BCUT2D eigenvalue weighted by atomic mass is 19.1. The van der Waals surface area contributed by atoms with Crippen LogP contribution in [0.4, 0.5) is 10.1 Å². The molecule has 0 atom stereocenters. The van der Waals surface area contributed by atoms with Crippen LogP contribution in [0.5, 0.6) is 11.5 Å². The number of carbonyl (C=O) groups is 1. The summed E-state index contributed by atoms with van der Waals surface area (Å²) in [5.41, 5.74) is 2.43. The maximum atomic E-state index is 13.3. The first-order valence-electron chi connectivity index (χ1n) is 8.27. The van der Waals surface area contributed by atoms with Gasteiger partial charge in [-0.3, -0.25) is 4.79 Å². The lowest BCUT2D eigenvalue weighted by Gasteiger charge is -2.11. The topological polar surface area (TPSA) is 73.6 Å². The van der Waals surface area contributed by atoms with Crippen LogP contribution in [0.25, 0.3) is 0 Å². The Bertz CT molecular complexity index is 949. The van der Waals surface area contributed by atoms with E-state index in [2.05, 4.69) is 10.5 Å². The number of carbonyl (C=O) groups excluding carboxylic acids is 1. The van der Waals surface area contributed by atoms with E-state index in [0.717, 1.165) is 11.3 Å². The molecule has 0 radical (unpaired) electrons. The number of nitrogens with zero attached hydrogens (tertiary/aromatic N) is 1. The van der Waals surface area contributed by atoms with Gasteiger partial charge in [0, 0.05) is 11.6 Å². The van der Waals surface area contributed by atoms with E-state index in [9.17, 15) is 9.18 Å². The Hall–Kier alpha value is -3.35. The van der Waals surface area contributed by atoms with Gasteiger partial charge in [-0.15, -0.1) is 0 Å². The highest BCUT2D eigenvalue weighted by Gasteiger charge is 2.13. The van der Waals surface area contributed by atoms with Gasteiger partial charge in [0.2, 0.25) is 0 Å². The van der Waals surface area contributed by atoms with Gasteiger partial charge in [-0.25, -0.2) is 4.39 Å². The molecule has 3 rings (SSSR count). The Balaban J connectivity index is 1.72. The molecule has 0 spiro atoms. The zero-order valence-electron chi connectivity index (χ0n) is 15.2. The molecule has 2 aromatic carbocycles. The van der Waals surface area contributed by atoms with Crippen molar-refractivity contribution >= 4 is 11.6 Å². The Labute approximate surface area is 155 Å². The summed E-state index contributed by atoms with van der Waals surface area (Å²) in [7, 11) is 1.41. The molecule has 0 fully saturated rings. The van der Waals surface area contributed by atoms with Crippen LogP contribution in [-0.4, -0.2) is 18.2 Å². The molecule has 7 heteroatoms. The standard InChI is InChI=1S/C20H19FN2O4/c1-12-17(13(2)27-23-12)11-26-16-6-4-5-14(9-16)20(24)22-18-8-7-15(21)10-19(18)25-3/h4-10H,11H2,1-3H3,(H,22,24). The molecule has 0 aliphatic rings. The fourth-order valence-electron chi connectivity index (χ4n) is 2.55. The van der Waals surface area contributed by atoms with E-state index >= 15 is 0 Å². The van der Waals surface area contributed by atoms with Gasteiger partial charge in [0.05, 0.1) is 24.1 Å². The molecule has 1 amide bonds. The minimum absolute atomic E-state index is 0.245. The van der Waals surface area contributed by atoms with E-state index in [0.29, 0.717) is 22.8 Å². The predicted molar refractivity (Wildman–Crippen MR) is 97.7 cm³/mol. The summed E-state index contributed by atoms with van der Waals surface area (Å²) in [5.74, 6) is 0.676. The summed E-state index contributed by atoms with van der Waals surface area (Å²) in [6, 6.07) is 10.7. The van der Waals surface area contributed by atoms with Crippen molar-refractivity contribution in [2.75, 3.05) is 12.4 Å². The number of aromatic nitrogens is 1. The second-order valence-electron chi connectivity index (χ2n) is 5.92. The van der Waals surface area contributed by atoms with Crippen molar-refractivity contribution in [2.24, 2.45) is 0 Å². The summed E-state index contributed by atoms with van der Waals surface area (Å²) in [4.78, 5) is 12.5. The molecule has 6 nitrogen and oxygen atoms in total. The van der Waals surface area contributed by atoms with Gasteiger partial charge in [-0.05, 0) is 44.2 Å². The van der Waals surface area contributed by atoms with Crippen LogP contribution >= 0.6 is 0 Å². The number of ether oxygens (including phenoxy) is 2. The Morgan fingerprint density at radius 3 is 2.74 bits per heavy atom. The molecular weight excluding hydrogens is 351 g/mol. The van der Waals surface area contributed by atoms with Crippen LogP contribution in [0, 0.1) is 19.7 Å². The number of nitrogens with one attached hydrogen (secondary N) is 1. The first-order valence-corrected chi connectivity index (χ1v) is 8.27. The highest BCUT2D eigenvalue weighted by molar-refractivity contribution is 6.05. The third-order valence-corrected chi connectivity index (χ3v) is 4.07. The summed E-state index contributed by atoms with van der Waals surface area (Å²) in [5, 5.41) is 6.59. The summed E-state index contributed by atoms with van der Waals surface area (Å²) in [6.45, 7) is 3.95. The van der Waals surface area contributed by atoms with Crippen LogP contribution in [0.2, 0.25) is 0 Å². The van der Waals surface area contributed by atoms with E-state index in [1.54, 1.807) is 24.3 Å². The molecule has 0 saturated carbocycles. The lowest BCUT2D eigenvalue weighted by atomic mass is 10.2. The lowest BCUT2D eigenvalue weighted by Crippen LogP contribution is -2.13. The van der Waals surface area contributed by atoms with Crippen LogP contribution in [-0.2, 0) is 6.61 Å². The number of methoxy groups -OCH3 is 1. The number of aryl methyl sites for hydroxylation is 2. The number of hydrogen-bond donors (Lipinski definition) is 1. The maximum Gasteiger partial charge on any atom is 0.255 e. The fraction of sp³-hybridized carbons (Fsp3) is 0.200. The van der Waals surface area contributed by atoms with Crippen molar-refractivity contribution in [3.63, 3.8) is 0 Å². The molecule has 3 aromatic rings. The van der Waals surface area contributed by atoms with E-state index < -0.39 is 5.82 Å². The Morgan fingerprint density at radius 1 is 1.22 bits per heavy atom. The van der Waals surface area contributed by atoms with Crippen LogP contribution in [0.1, 0.15) is 27.4 Å². The molecule has 1 N–H and O–H groups in total. The van der Waals surface area contributed by atoms with Crippen molar-refractivity contribution in [1.82, 2.24) is 5.16 Å². The normalized spacial score (nSPS) is 10.5. The van der Waals surface area contributed by atoms with E-state index in [4.69, 9.17) is 14.0 Å². The molecule has 1 heterocycles. The Morgan fingerprint density at radius 2 is 2.04 bits per heavy atom. The van der Waals surface area contributed by atoms with Gasteiger partial charge in [-0.2, -0.15) is 0 Å². The lowest BCUT2D eigenvalue weighted by molar-refractivity contribution is 0.102. The first kappa shape index (κ1) is 18.4. The summed E-state index contributed by atoms with van der Waals surface area (Å²) < 4.78 is 29.2. The molecule has 1 aromatic heterocycles. The van der Waals surface area contributed by atoms with Crippen molar-refractivity contribution in [3.8, 4) is 11.5 Å². The summed E-state index contributed by atoms with van der Waals surface area (Å²) >= 11 is 0. The van der Waals surface area contributed by atoms with E-state index in [-0.39, 0.29) is 18.3 Å². The van der Waals surface area contributed by atoms with Gasteiger partial charge in [0.25, 0.3) is 5.91 Å². The first-order chi connectivity index (χ1) is 13.0.